The Labute approximate surface area is 78.9 Å². The quantitative estimate of drug-likeness (QED) is 0.776. The molecule has 0 aliphatic heterocycles. The molecule has 0 bridgehead atoms. The van der Waals surface area contributed by atoms with Gasteiger partial charge >= 0.3 is 12.1 Å². The van der Waals surface area contributed by atoms with Crippen LogP contribution < -0.4 is 0 Å². The zero-order valence-electron chi connectivity index (χ0n) is 7.60. The first-order chi connectivity index (χ1) is 6.34. The van der Waals surface area contributed by atoms with Gasteiger partial charge in [0.25, 0.3) is 0 Å². The van der Waals surface area contributed by atoms with Crippen molar-refractivity contribution in [3.63, 3.8) is 0 Å². The van der Waals surface area contributed by atoms with Crippen molar-refractivity contribution in [2.24, 2.45) is 5.41 Å². The van der Waals surface area contributed by atoms with E-state index < -0.39 is 23.7 Å². The van der Waals surface area contributed by atoms with Crippen LogP contribution in [0.3, 0.4) is 0 Å². The fraction of sp³-hybridized carbons (Fsp3) is 0.875. The number of ether oxygens (including phenoxy) is 1. The summed E-state index contributed by atoms with van der Waals surface area (Å²) in [6.07, 6.45) is -6.25. The molecule has 1 aliphatic rings. The molecule has 1 saturated carbocycles. The van der Waals surface area contributed by atoms with E-state index >= 15 is 0 Å². The molecule has 1 N–H and O–H groups in total. The molecule has 0 spiro atoms. The standard InChI is InChI=1S/C8H11F3O3/c1-14-5(8(9,10)11)7(6(12)13)3-2-4-7/h5H,2-4H2,1H3,(H,12,13). The van der Waals surface area contributed by atoms with Crippen LogP contribution in [0.4, 0.5) is 13.2 Å². The van der Waals surface area contributed by atoms with Gasteiger partial charge in [-0.15, -0.1) is 0 Å². The Morgan fingerprint density at radius 2 is 2.00 bits per heavy atom. The molecule has 82 valence electrons. The average Bonchev–Trinajstić information content (AvgIpc) is 1.92. The van der Waals surface area contributed by atoms with Gasteiger partial charge in [0, 0.05) is 7.11 Å². The number of aliphatic carboxylic acids is 1. The molecule has 0 radical (unpaired) electrons. The van der Waals surface area contributed by atoms with Crippen molar-refractivity contribution in [3.05, 3.63) is 0 Å². The third-order valence-electron chi connectivity index (χ3n) is 2.71. The molecule has 1 aliphatic carbocycles. The molecule has 6 heteroatoms. The normalized spacial score (nSPS) is 22.6. The van der Waals surface area contributed by atoms with Crippen molar-refractivity contribution in [3.8, 4) is 0 Å². The lowest BCUT2D eigenvalue weighted by Crippen LogP contribution is -2.55. The smallest absolute Gasteiger partial charge is 0.415 e. The zero-order chi connectivity index (χ0) is 11.0. The van der Waals surface area contributed by atoms with Crippen LogP contribution in [0.1, 0.15) is 19.3 Å². The molecule has 0 aromatic carbocycles. The first-order valence-electron chi connectivity index (χ1n) is 4.17. The lowest BCUT2D eigenvalue weighted by Gasteiger charge is -2.43. The Bertz CT molecular complexity index is 232. The summed E-state index contributed by atoms with van der Waals surface area (Å²) in [5, 5.41) is 8.77. The predicted octanol–water partition coefficient (Wildman–Crippen LogP) is 1.82. The van der Waals surface area contributed by atoms with E-state index in [2.05, 4.69) is 4.74 Å². The summed E-state index contributed by atoms with van der Waals surface area (Å²) in [7, 11) is 0.890. The summed E-state index contributed by atoms with van der Waals surface area (Å²) >= 11 is 0. The summed E-state index contributed by atoms with van der Waals surface area (Å²) in [4.78, 5) is 10.8. The van der Waals surface area contributed by atoms with Crippen molar-refractivity contribution in [2.75, 3.05) is 7.11 Å². The topological polar surface area (TPSA) is 46.5 Å². The monoisotopic (exact) mass is 212 g/mol. The van der Waals surface area contributed by atoms with Gasteiger partial charge in [0.1, 0.15) is 5.41 Å². The van der Waals surface area contributed by atoms with E-state index in [1.54, 1.807) is 0 Å². The molecule has 1 rings (SSSR count). The van der Waals surface area contributed by atoms with Crippen molar-refractivity contribution in [1.29, 1.82) is 0 Å². The third kappa shape index (κ3) is 1.58. The van der Waals surface area contributed by atoms with Gasteiger partial charge in [0.2, 0.25) is 0 Å². The molecular weight excluding hydrogens is 201 g/mol. The number of carbonyl (C=O) groups is 1. The maximum atomic E-state index is 12.4. The Balaban J connectivity index is 2.92. The van der Waals surface area contributed by atoms with Crippen molar-refractivity contribution < 1.29 is 27.8 Å². The van der Waals surface area contributed by atoms with E-state index in [0.29, 0.717) is 6.42 Å². The van der Waals surface area contributed by atoms with Gasteiger partial charge < -0.3 is 9.84 Å². The van der Waals surface area contributed by atoms with Gasteiger partial charge in [0.05, 0.1) is 0 Å². The lowest BCUT2D eigenvalue weighted by atomic mass is 9.65. The second-order valence-electron chi connectivity index (χ2n) is 3.47. The number of hydrogen-bond donors (Lipinski definition) is 1. The first kappa shape index (κ1) is 11.3. The molecule has 0 heterocycles. The fourth-order valence-electron chi connectivity index (χ4n) is 1.82. The predicted molar refractivity (Wildman–Crippen MR) is 40.8 cm³/mol. The van der Waals surface area contributed by atoms with Crippen LogP contribution in [0.2, 0.25) is 0 Å². The minimum absolute atomic E-state index is 0.0281. The van der Waals surface area contributed by atoms with Gasteiger partial charge in [-0.2, -0.15) is 13.2 Å². The number of carboxylic acid groups (broad SMARTS) is 1. The van der Waals surface area contributed by atoms with Crippen LogP contribution in [0, 0.1) is 5.41 Å². The van der Waals surface area contributed by atoms with Crippen LogP contribution >= 0.6 is 0 Å². The lowest BCUT2D eigenvalue weighted by molar-refractivity contribution is -0.261. The molecular formula is C8H11F3O3. The van der Waals surface area contributed by atoms with Crippen LogP contribution in [0.5, 0.6) is 0 Å². The molecule has 0 aromatic heterocycles. The average molecular weight is 212 g/mol. The van der Waals surface area contributed by atoms with Crippen LogP contribution in [-0.4, -0.2) is 30.5 Å². The molecule has 1 atom stereocenters. The van der Waals surface area contributed by atoms with Crippen molar-refractivity contribution in [1.82, 2.24) is 0 Å². The van der Waals surface area contributed by atoms with E-state index in [1.165, 1.54) is 0 Å². The number of hydrogen-bond acceptors (Lipinski definition) is 2. The first-order valence-corrected chi connectivity index (χ1v) is 4.17. The molecule has 1 unspecified atom stereocenters. The summed E-state index contributed by atoms with van der Waals surface area (Å²) in [5.41, 5.74) is -1.76. The van der Waals surface area contributed by atoms with Crippen LogP contribution in [0.15, 0.2) is 0 Å². The van der Waals surface area contributed by atoms with E-state index in [9.17, 15) is 18.0 Å². The minimum atomic E-state index is -4.62. The highest BCUT2D eigenvalue weighted by Crippen LogP contribution is 2.50. The zero-order valence-corrected chi connectivity index (χ0v) is 7.60. The number of carboxylic acids is 1. The van der Waals surface area contributed by atoms with E-state index in [-0.39, 0.29) is 12.8 Å². The second-order valence-corrected chi connectivity index (χ2v) is 3.47. The maximum Gasteiger partial charge on any atom is 0.415 e. The number of methoxy groups -OCH3 is 1. The van der Waals surface area contributed by atoms with Gasteiger partial charge in [-0.25, -0.2) is 0 Å². The maximum absolute atomic E-state index is 12.4. The molecule has 0 aromatic rings. The van der Waals surface area contributed by atoms with E-state index in [1.807, 2.05) is 0 Å². The van der Waals surface area contributed by atoms with Gasteiger partial charge in [-0.05, 0) is 12.8 Å². The molecule has 14 heavy (non-hydrogen) atoms. The molecule has 0 amide bonds. The summed E-state index contributed by atoms with van der Waals surface area (Å²) in [6.45, 7) is 0. The number of halogens is 3. The minimum Gasteiger partial charge on any atom is -0.481 e. The Morgan fingerprint density at radius 3 is 2.07 bits per heavy atom. The number of alkyl halides is 3. The SMILES string of the molecule is COC(C(F)(F)F)C1(C(=O)O)CCC1. The fourth-order valence-corrected chi connectivity index (χ4v) is 1.82. The van der Waals surface area contributed by atoms with Gasteiger partial charge in [-0.1, -0.05) is 6.42 Å². The molecule has 0 saturated heterocycles. The van der Waals surface area contributed by atoms with Gasteiger partial charge in [0.15, 0.2) is 6.10 Å². The number of rotatable bonds is 3. The highest BCUT2D eigenvalue weighted by atomic mass is 19.4. The molecule has 1 fully saturated rings. The Morgan fingerprint density at radius 1 is 1.50 bits per heavy atom. The van der Waals surface area contributed by atoms with Crippen LogP contribution in [0.25, 0.3) is 0 Å². The van der Waals surface area contributed by atoms with E-state index in [4.69, 9.17) is 5.11 Å². The second kappa shape index (κ2) is 3.42. The third-order valence-corrected chi connectivity index (χ3v) is 2.71. The largest absolute Gasteiger partial charge is 0.481 e. The van der Waals surface area contributed by atoms with Crippen LogP contribution in [-0.2, 0) is 9.53 Å². The summed E-state index contributed by atoms with van der Waals surface area (Å²) in [6, 6.07) is 0. The summed E-state index contributed by atoms with van der Waals surface area (Å²) < 4.78 is 41.5. The Hall–Kier alpha value is -0.780. The van der Waals surface area contributed by atoms with Crippen molar-refractivity contribution >= 4 is 5.97 Å². The molecule has 3 nitrogen and oxygen atoms in total. The van der Waals surface area contributed by atoms with Gasteiger partial charge in [-0.3, -0.25) is 4.79 Å². The highest BCUT2D eigenvalue weighted by Gasteiger charge is 2.61. The summed E-state index contributed by atoms with van der Waals surface area (Å²) in [5.74, 6) is -1.42. The Kier molecular flexibility index (Phi) is 2.76. The highest BCUT2D eigenvalue weighted by molar-refractivity contribution is 5.76. The van der Waals surface area contributed by atoms with Crippen molar-refractivity contribution in [2.45, 2.75) is 31.5 Å². The van der Waals surface area contributed by atoms with E-state index in [0.717, 1.165) is 7.11 Å².